The molecule has 116 valence electrons. The second kappa shape index (κ2) is 6.24. The summed E-state index contributed by atoms with van der Waals surface area (Å²) in [6.07, 6.45) is -0.399. The molecular formula is C14H17F3N2O2. The van der Waals surface area contributed by atoms with Crippen molar-refractivity contribution in [3.63, 3.8) is 0 Å². The topological polar surface area (TPSA) is 41.6 Å². The number of alkyl halides is 2. The Morgan fingerprint density at radius 2 is 2.10 bits per heavy atom. The number of nitrogens with one attached hydrogen (secondary N) is 1. The van der Waals surface area contributed by atoms with Gasteiger partial charge in [0, 0.05) is 25.9 Å². The van der Waals surface area contributed by atoms with E-state index in [2.05, 4.69) is 5.32 Å². The van der Waals surface area contributed by atoms with Crippen molar-refractivity contribution in [2.24, 2.45) is 0 Å². The summed E-state index contributed by atoms with van der Waals surface area (Å²) in [5.41, 5.74) is -0.0824. The van der Waals surface area contributed by atoms with E-state index >= 15 is 0 Å². The molecule has 2 rings (SSSR count). The third-order valence-corrected chi connectivity index (χ3v) is 3.43. The van der Waals surface area contributed by atoms with Gasteiger partial charge in [0.15, 0.2) is 5.82 Å². The van der Waals surface area contributed by atoms with Gasteiger partial charge in [-0.25, -0.2) is 18.0 Å². The van der Waals surface area contributed by atoms with E-state index in [1.165, 1.54) is 30.2 Å². The highest BCUT2D eigenvalue weighted by Gasteiger charge is 2.33. The number of halogens is 3. The molecule has 1 aromatic carbocycles. The summed E-state index contributed by atoms with van der Waals surface area (Å²) in [5.74, 6) is -3.20. The van der Waals surface area contributed by atoms with Crippen molar-refractivity contribution in [3.8, 4) is 5.75 Å². The fraction of sp³-hybridized carbons (Fsp3) is 0.500. The molecule has 0 saturated carbocycles. The molecule has 0 aromatic heterocycles. The number of carbonyl (C=O) groups excluding carboxylic acids is 1. The lowest BCUT2D eigenvalue weighted by molar-refractivity contribution is -0.0121. The van der Waals surface area contributed by atoms with Crippen LogP contribution in [0.4, 0.5) is 23.7 Å². The van der Waals surface area contributed by atoms with E-state index < -0.39 is 17.8 Å². The van der Waals surface area contributed by atoms with Gasteiger partial charge in [-0.2, -0.15) is 0 Å². The number of methoxy groups -OCH3 is 1. The van der Waals surface area contributed by atoms with Gasteiger partial charge in [-0.3, -0.25) is 0 Å². The molecule has 0 unspecified atom stereocenters. The minimum Gasteiger partial charge on any atom is -0.494 e. The maximum atomic E-state index is 13.7. The molecule has 4 nitrogen and oxygen atoms in total. The molecule has 1 saturated heterocycles. The van der Waals surface area contributed by atoms with Gasteiger partial charge in [0.1, 0.15) is 11.4 Å². The molecule has 1 N–H and O–H groups in total. The monoisotopic (exact) mass is 302 g/mol. The maximum absolute atomic E-state index is 13.7. The van der Waals surface area contributed by atoms with E-state index in [1.807, 2.05) is 0 Å². The number of para-hydroxylation sites is 1. The SMILES string of the molecule is COc1cccc(F)c1NC(=O)N1CCCC(F)(F)CC1. The second-order valence-corrected chi connectivity index (χ2v) is 4.94. The van der Waals surface area contributed by atoms with Crippen LogP contribution >= 0.6 is 0 Å². The van der Waals surface area contributed by atoms with Crippen LogP contribution in [0.1, 0.15) is 19.3 Å². The number of hydrogen-bond acceptors (Lipinski definition) is 2. The van der Waals surface area contributed by atoms with Crippen LogP contribution in [-0.2, 0) is 0 Å². The third-order valence-electron chi connectivity index (χ3n) is 3.43. The van der Waals surface area contributed by atoms with E-state index in [0.717, 1.165) is 0 Å². The zero-order chi connectivity index (χ0) is 15.5. The first-order valence-electron chi connectivity index (χ1n) is 6.69. The minimum absolute atomic E-state index is 0.0599. The van der Waals surface area contributed by atoms with Gasteiger partial charge in [0.2, 0.25) is 5.92 Å². The highest BCUT2D eigenvalue weighted by molar-refractivity contribution is 5.91. The third kappa shape index (κ3) is 3.80. The van der Waals surface area contributed by atoms with Crippen LogP contribution in [0.5, 0.6) is 5.75 Å². The second-order valence-electron chi connectivity index (χ2n) is 4.94. The van der Waals surface area contributed by atoms with Gasteiger partial charge in [-0.05, 0) is 18.6 Å². The van der Waals surface area contributed by atoms with Crippen molar-refractivity contribution in [2.45, 2.75) is 25.2 Å². The summed E-state index contributed by atoms with van der Waals surface area (Å²) in [5, 5.41) is 2.40. The maximum Gasteiger partial charge on any atom is 0.322 e. The lowest BCUT2D eigenvalue weighted by Gasteiger charge is -2.22. The van der Waals surface area contributed by atoms with Gasteiger partial charge in [-0.1, -0.05) is 6.07 Å². The molecular weight excluding hydrogens is 285 g/mol. The number of benzene rings is 1. The van der Waals surface area contributed by atoms with Gasteiger partial charge < -0.3 is 15.0 Å². The van der Waals surface area contributed by atoms with Crippen molar-refractivity contribution >= 4 is 11.7 Å². The first-order valence-corrected chi connectivity index (χ1v) is 6.69. The van der Waals surface area contributed by atoms with Crippen LogP contribution in [0.3, 0.4) is 0 Å². The van der Waals surface area contributed by atoms with Crippen LogP contribution in [0.25, 0.3) is 0 Å². The summed E-state index contributed by atoms with van der Waals surface area (Å²) >= 11 is 0. The number of urea groups is 1. The molecule has 21 heavy (non-hydrogen) atoms. The van der Waals surface area contributed by atoms with Crippen LogP contribution in [0.2, 0.25) is 0 Å². The van der Waals surface area contributed by atoms with Crippen LogP contribution in [0.15, 0.2) is 18.2 Å². The normalized spacial score (nSPS) is 18.0. The van der Waals surface area contributed by atoms with E-state index in [9.17, 15) is 18.0 Å². The average Bonchev–Trinajstić information content (AvgIpc) is 2.62. The molecule has 0 atom stereocenters. The molecule has 0 aliphatic carbocycles. The Bertz CT molecular complexity index is 523. The lowest BCUT2D eigenvalue weighted by Crippen LogP contribution is -2.36. The van der Waals surface area contributed by atoms with E-state index in [0.29, 0.717) is 0 Å². The predicted molar refractivity (Wildman–Crippen MR) is 72.3 cm³/mol. The number of amides is 2. The molecule has 1 heterocycles. The zero-order valence-electron chi connectivity index (χ0n) is 11.7. The van der Waals surface area contributed by atoms with Crippen LogP contribution in [0, 0.1) is 5.82 Å². The number of likely N-dealkylation sites (tertiary alicyclic amines) is 1. The minimum atomic E-state index is -2.75. The molecule has 7 heteroatoms. The van der Waals surface area contributed by atoms with E-state index in [4.69, 9.17) is 4.74 Å². The molecule has 2 amide bonds. The van der Waals surface area contributed by atoms with Crippen LogP contribution < -0.4 is 10.1 Å². The quantitative estimate of drug-likeness (QED) is 0.908. The number of hydrogen-bond donors (Lipinski definition) is 1. The Morgan fingerprint density at radius 1 is 1.33 bits per heavy atom. The number of carbonyl (C=O) groups is 1. The smallest absolute Gasteiger partial charge is 0.322 e. The largest absolute Gasteiger partial charge is 0.494 e. The Labute approximate surface area is 120 Å². The lowest BCUT2D eigenvalue weighted by atomic mass is 10.1. The number of rotatable bonds is 2. The van der Waals surface area contributed by atoms with E-state index in [1.54, 1.807) is 0 Å². The highest BCUT2D eigenvalue weighted by Crippen LogP contribution is 2.30. The average molecular weight is 302 g/mol. The Kier molecular flexibility index (Phi) is 4.59. The highest BCUT2D eigenvalue weighted by atomic mass is 19.3. The molecule has 1 aliphatic rings. The van der Waals surface area contributed by atoms with Gasteiger partial charge in [-0.15, -0.1) is 0 Å². The predicted octanol–water partition coefficient (Wildman–Crippen LogP) is 3.49. The Balaban J connectivity index is 2.08. The van der Waals surface area contributed by atoms with Crippen molar-refractivity contribution in [1.29, 1.82) is 0 Å². The summed E-state index contributed by atoms with van der Waals surface area (Å²) in [7, 11) is 1.36. The number of ether oxygens (including phenoxy) is 1. The van der Waals surface area contributed by atoms with E-state index in [-0.39, 0.29) is 43.8 Å². The van der Waals surface area contributed by atoms with Crippen molar-refractivity contribution in [2.75, 3.05) is 25.5 Å². The van der Waals surface area contributed by atoms with Crippen LogP contribution in [-0.4, -0.2) is 37.1 Å². The number of anilines is 1. The number of nitrogens with zero attached hydrogens (tertiary/aromatic N) is 1. The van der Waals surface area contributed by atoms with Gasteiger partial charge >= 0.3 is 6.03 Å². The summed E-state index contributed by atoms with van der Waals surface area (Å²) < 4.78 is 45.3. The van der Waals surface area contributed by atoms with Gasteiger partial charge in [0.05, 0.1) is 7.11 Å². The fourth-order valence-electron chi connectivity index (χ4n) is 2.25. The summed E-state index contributed by atoms with van der Waals surface area (Å²) in [6, 6.07) is 3.55. The Hall–Kier alpha value is -1.92. The van der Waals surface area contributed by atoms with Crippen molar-refractivity contribution in [1.82, 2.24) is 4.90 Å². The van der Waals surface area contributed by atoms with Gasteiger partial charge in [0.25, 0.3) is 0 Å². The summed E-state index contributed by atoms with van der Waals surface area (Å²) in [6.45, 7) is 0.161. The first-order chi connectivity index (χ1) is 9.93. The molecule has 0 spiro atoms. The molecule has 0 radical (unpaired) electrons. The molecule has 1 aliphatic heterocycles. The summed E-state index contributed by atoms with van der Waals surface area (Å²) in [4.78, 5) is 13.4. The molecule has 1 aromatic rings. The van der Waals surface area contributed by atoms with Crippen molar-refractivity contribution < 1.29 is 22.7 Å². The fourth-order valence-corrected chi connectivity index (χ4v) is 2.25. The molecule has 1 fully saturated rings. The Morgan fingerprint density at radius 3 is 2.81 bits per heavy atom. The molecule has 0 bridgehead atoms. The zero-order valence-corrected chi connectivity index (χ0v) is 11.7. The van der Waals surface area contributed by atoms with Crippen molar-refractivity contribution in [3.05, 3.63) is 24.0 Å². The first kappa shape index (κ1) is 15.5. The standard InChI is InChI=1S/C14H17F3N2O2/c1-21-11-5-2-4-10(15)12(11)18-13(20)19-8-3-6-14(16,17)7-9-19/h2,4-5H,3,6-9H2,1H3,(H,18,20).